The van der Waals surface area contributed by atoms with Crippen LogP contribution < -0.4 is 19.5 Å². The van der Waals surface area contributed by atoms with Gasteiger partial charge in [0, 0.05) is 11.3 Å². The number of amides is 1. The molecule has 44 heavy (non-hydrogen) atoms. The number of carbonyl (C=O) groups excluding carboxylic acids is 1. The minimum atomic E-state index is -3.90. The lowest BCUT2D eigenvalue weighted by molar-refractivity contribution is 0.102. The number of ether oxygens (including phenoxy) is 2. The van der Waals surface area contributed by atoms with Crippen molar-refractivity contribution in [2.45, 2.75) is 44.6 Å². The molecule has 1 amide bonds. The molecule has 1 heterocycles. The first-order valence-electron chi connectivity index (χ1n) is 13.9. The zero-order chi connectivity index (χ0) is 31.3. The van der Waals surface area contributed by atoms with Crippen LogP contribution in [0.15, 0.2) is 95.9 Å². The Morgan fingerprint density at radius 2 is 1.48 bits per heavy atom. The van der Waals surface area contributed by atoms with Gasteiger partial charge in [0.1, 0.15) is 17.2 Å². The number of carbonyl (C=O) groups is 1. The summed E-state index contributed by atoms with van der Waals surface area (Å²) in [5.74, 6) is 1.81. The number of rotatable bonds is 11. The summed E-state index contributed by atoms with van der Waals surface area (Å²) in [6, 6.07) is 25.4. The number of anilines is 2. The van der Waals surface area contributed by atoms with Gasteiger partial charge in [0.2, 0.25) is 5.82 Å². The Bertz CT molecular complexity index is 1820. The molecule has 0 saturated heterocycles. The molecule has 0 atom stereocenters. The average Bonchev–Trinajstić information content (AvgIpc) is 3.54. The van der Waals surface area contributed by atoms with Crippen molar-refractivity contribution in [2.75, 3.05) is 10.0 Å². The van der Waals surface area contributed by atoms with Gasteiger partial charge in [-0.05, 0) is 109 Å². The smallest absolute Gasteiger partial charge is 0.261 e. The summed E-state index contributed by atoms with van der Waals surface area (Å²) in [6.45, 7) is 7.96. The van der Waals surface area contributed by atoms with E-state index >= 15 is 0 Å². The highest BCUT2D eigenvalue weighted by atomic mass is 32.2. The van der Waals surface area contributed by atoms with Crippen molar-refractivity contribution in [2.24, 2.45) is 0 Å². The van der Waals surface area contributed by atoms with E-state index in [0.717, 1.165) is 5.56 Å². The topological polar surface area (TPSA) is 148 Å². The number of hydrogen-bond acceptors (Lipinski definition) is 8. The number of sulfonamides is 1. The predicted octanol–water partition coefficient (Wildman–Crippen LogP) is 6.62. The van der Waals surface area contributed by atoms with E-state index in [0.29, 0.717) is 34.1 Å². The van der Waals surface area contributed by atoms with Gasteiger partial charge in [0.25, 0.3) is 15.9 Å². The second-order valence-corrected chi connectivity index (χ2v) is 12.2. The van der Waals surface area contributed by atoms with Crippen molar-refractivity contribution >= 4 is 27.3 Å². The van der Waals surface area contributed by atoms with Gasteiger partial charge in [0.05, 0.1) is 22.3 Å². The summed E-state index contributed by atoms with van der Waals surface area (Å²) >= 11 is 0. The van der Waals surface area contributed by atoms with E-state index in [-0.39, 0.29) is 34.3 Å². The maximum Gasteiger partial charge on any atom is 0.261 e. The molecule has 0 aliphatic heterocycles. The van der Waals surface area contributed by atoms with Gasteiger partial charge >= 0.3 is 0 Å². The van der Waals surface area contributed by atoms with Crippen molar-refractivity contribution in [1.82, 2.24) is 20.6 Å². The number of nitrogens with zero attached hydrogens (tertiary/aromatic N) is 3. The number of H-pyrrole nitrogens is 1. The Morgan fingerprint density at radius 1 is 0.818 bits per heavy atom. The van der Waals surface area contributed by atoms with Gasteiger partial charge in [-0.2, -0.15) is 5.21 Å². The van der Waals surface area contributed by atoms with Gasteiger partial charge in [-0.15, -0.1) is 10.2 Å². The largest absolute Gasteiger partial charge is 0.491 e. The summed E-state index contributed by atoms with van der Waals surface area (Å²) in [5, 5.41) is 16.9. The highest BCUT2D eigenvalue weighted by molar-refractivity contribution is 7.92. The van der Waals surface area contributed by atoms with E-state index in [2.05, 4.69) is 30.7 Å². The van der Waals surface area contributed by atoms with Crippen molar-refractivity contribution < 1.29 is 22.7 Å². The molecule has 0 bridgehead atoms. The third kappa shape index (κ3) is 7.39. The van der Waals surface area contributed by atoms with E-state index in [4.69, 9.17) is 9.47 Å². The number of aromatic amines is 1. The van der Waals surface area contributed by atoms with Crippen LogP contribution in [0.25, 0.3) is 11.4 Å². The third-order valence-electron chi connectivity index (χ3n) is 6.51. The minimum absolute atomic E-state index is 0.0461. The lowest BCUT2D eigenvalue weighted by atomic mass is 10.0. The van der Waals surface area contributed by atoms with E-state index < -0.39 is 10.0 Å². The molecule has 0 radical (unpaired) electrons. The molecule has 11 nitrogen and oxygen atoms in total. The summed E-state index contributed by atoms with van der Waals surface area (Å²) in [6.07, 6.45) is 0.0461. The third-order valence-corrected chi connectivity index (χ3v) is 7.90. The lowest BCUT2D eigenvalue weighted by Crippen LogP contribution is -2.14. The molecule has 1 aromatic heterocycles. The van der Waals surface area contributed by atoms with Gasteiger partial charge in [-0.1, -0.05) is 26.0 Å². The SMILES string of the molecule is CC(C)Oc1ccc(C(=O)Nc2ccc(Oc3ccc(NS(=O)(=O)c4ccc(C(C)C)cc4)c(-c4nn[nH]n4)c3)cc2)cc1. The summed E-state index contributed by atoms with van der Waals surface area (Å²) in [5.41, 5.74) is 2.75. The van der Waals surface area contributed by atoms with Crippen LogP contribution in [0.1, 0.15) is 49.5 Å². The second kappa shape index (κ2) is 13.0. The van der Waals surface area contributed by atoms with E-state index in [1.807, 2.05) is 27.7 Å². The Kier molecular flexibility index (Phi) is 8.91. The molecule has 5 aromatic rings. The predicted molar refractivity (Wildman–Crippen MR) is 168 cm³/mol. The van der Waals surface area contributed by atoms with Crippen molar-refractivity contribution in [3.8, 4) is 28.6 Å². The van der Waals surface area contributed by atoms with Crippen LogP contribution >= 0.6 is 0 Å². The van der Waals surface area contributed by atoms with E-state index in [1.54, 1.807) is 91.0 Å². The van der Waals surface area contributed by atoms with Gasteiger partial charge in [-0.3, -0.25) is 9.52 Å². The van der Waals surface area contributed by atoms with Gasteiger partial charge < -0.3 is 14.8 Å². The maximum absolute atomic E-state index is 13.2. The number of nitrogens with one attached hydrogen (secondary N) is 3. The van der Waals surface area contributed by atoms with E-state index in [9.17, 15) is 13.2 Å². The number of tetrazole rings is 1. The second-order valence-electron chi connectivity index (χ2n) is 10.5. The molecule has 0 unspecified atom stereocenters. The molecule has 0 fully saturated rings. The van der Waals surface area contributed by atoms with Crippen LogP contribution in [-0.4, -0.2) is 41.1 Å². The van der Waals surface area contributed by atoms with Crippen molar-refractivity contribution in [3.05, 3.63) is 102 Å². The lowest BCUT2D eigenvalue weighted by Gasteiger charge is -2.14. The van der Waals surface area contributed by atoms with Crippen LogP contribution in [-0.2, 0) is 10.0 Å². The molecule has 0 saturated carbocycles. The van der Waals surface area contributed by atoms with Crippen molar-refractivity contribution in [1.29, 1.82) is 0 Å². The summed E-state index contributed by atoms with van der Waals surface area (Å²) < 4.78 is 40.7. The number of hydrogen-bond donors (Lipinski definition) is 3. The zero-order valence-corrected chi connectivity index (χ0v) is 25.4. The monoisotopic (exact) mass is 612 g/mol. The van der Waals surface area contributed by atoms with Gasteiger partial charge in [-0.25, -0.2) is 8.42 Å². The fourth-order valence-electron chi connectivity index (χ4n) is 4.28. The van der Waals surface area contributed by atoms with Crippen LogP contribution in [0.2, 0.25) is 0 Å². The first-order chi connectivity index (χ1) is 21.1. The fraction of sp³-hybridized carbons (Fsp3) is 0.188. The maximum atomic E-state index is 13.2. The van der Waals surface area contributed by atoms with Crippen LogP contribution in [0, 0.1) is 0 Å². The Labute approximate surface area is 255 Å². The normalized spacial score (nSPS) is 11.4. The molecule has 0 spiro atoms. The molecule has 3 N–H and O–H groups in total. The highest BCUT2D eigenvalue weighted by Gasteiger charge is 2.20. The molecule has 0 aliphatic carbocycles. The highest BCUT2D eigenvalue weighted by Crippen LogP contribution is 2.33. The van der Waals surface area contributed by atoms with Crippen molar-refractivity contribution in [3.63, 3.8) is 0 Å². The molecule has 0 aliphatic rings. The summed E-state index contributed by atoms with van der Waals surface area (Å²) in [7, 11) is -3.90. The summed E-state index contributed by atoms with van der Waals surface area (Å²) in [4.78, 5) is 12.8. The standard InChI is InChI=1S/C32H32N6O5S/c1-20(2)22-7-16-28(17-8-22)44(40,41)36-30-18-15-27(19-29(30)31-34-37-38-35-31)43-26-13-9-24(10-14-26)33-32(39)23-5-11-25(12-6-23)42-21(3)4/h5-21,36H,1-4H3,(H,33,39)(H,34,35,37,38). The Morgan fingerprint density at radius 3 is 2.09 bits per heavy atom. The molecular formula is C32H32N6O5S. The molecule has 4 aromatic carbocycles. The number of aromatic nitrogens is 4. The number of benzene rings is 4. The van der Waals surface area contributed by atoms with E-state index in [1.165, 1.54) is 0 Å². The first-order valence-corrected chi connectivity index (χ1v) is 15.4. The Balaban J connectivity index is 1.29. The zero-order valence-electron chi connectivity index (χ0n) is 24.6. The average molecular weight is 613 g/mol. The molecule has 12 heteroatoms. The minimum Gasteiger partial charge on any atom is -0.491 e. The van der Waals surface area contributed by atoms with Crippen LogP contribution in [0.4, 0.5) is 11.4 Å². The van der Waals surface area contributed by atoms with Gasteiger partial charge in [0.15, 0.2) is 0 Å². The quantitative estimate of drug-likeness (QED) is 0.151. The van der Waals surface area contributed by atoms with Crippen LogP contribution in [0.3, 0.4) is 0 Å². The molecule has 226 valence electrons. The fourth-order valence-corrected chi connectivity index (χ4v) is 5.35. The Hall–Kier alpha value is -5.23. The molecule has 5 rings (SSSR count). The molecular weight excluding hydrogens is 580 g/mol. The first kappa shape index (κ1) is 30.2. The van der Waals surface area contributed by atoms with Crippen LogP contribution in [0.5, 0.6) is 17.2 Å².